The molecule has 0 atom stereocenters. The summed E-state index contributed by atoms with van der Waals surface area (Å²) in [6, 6.07) is 10.3. The van der Waals surface area contributed by atoms with Gasteiger partial charge in [-0.05, 0) is 26.0 Å². The highest BCUT2D eigenvalue weighted by Crippen LogP contribution is 2.19. The number of rotatable bonds is 4. The third kappa shape index (κ3) is 2.94. The second-order valence-electron chi connectivity index (χ2n) is 4.34. The summed E-state index contributed by atoms with van der Waals surface area (Å²) in [5.74, 6) is 1.31. The molecule has 0 saturated carbocycles. The number of nitrogens with one attached hydrogen (secondary N) is 1. The van der Waals surface area contributed by atoms with Gasteiger partial charge >= 0.3 is 0 Å². The van der Waals surface area contributed by atoms with Gasteiger partial charge in [0.2, 0.25) is 0 Å². The Morgan fingerprint density at radius 1 is 1.17 bits per heavy atom. The molecule has 0 unspecified atom stereocenters. The van der Waals surface area contributed by atoms with Crippen molar-refractivity contribution >= 4 is 17.5 Å². The lowest BCUT2D eigenvalue weighted by Gasteiger charge is -2.17. The molecular formula is C13H17N5. The lowest BCUT2D eigenvalue weighted by atomic mass is 10.3. The van der Waals surface area contributed by atoms with E-state index in [0.717, 1.165) is 11.5 Å². The summed E-state index contributed by atoms with van der Waals surface area (Å²) in [7, 11) is 1.92. The quantitative estimate of drug-likeness (QED) is 0.894. The summed E-state index contributed by atoms with van der Waals surface area (Å²) < 4.78 is 0. The lowest BCUT2D eigenvalue weighted by molar-refractivity contribution is 0.863. The maximum atomic E-state index is 4.43. The van der Waals surface area contributed by atoms with Gasteiger partial charge in [0.1, 0.15) is 0 Å². The average Bonchev–Trinajstić information content (AvgIpc) is 2.38. The molecule has 0 aliphatic rings. The van der Waals surface area contributed by atoms with Crippen LogP contribution in [0.15, 0.2) is 36.5 Å². The Balaban J connectivity index is 2.23. The molecule has 0 radical (unpaired) electrons. The molecule has 94 valence electrons. The molecule has 0 aliphatic heterocycles. The van der Waals surface area contributed by atoms with Gasteiger partial charge in [-0.15, -0.1) is 5.10 Å². The van der Waals surface area contributed by atoms with E-state index in [0.29, 0.717) is 12.0 Å². The average molecular weight is 243 g/mol. The summed E-state index contributed by atoms with van der Waals surface area (Å²) in [4.78, 5) is 6.33. The number of hydrogen-bond acceptors (Lipinski definition) is 5. The van der Waals surface area contributed by atoms with Gasteiger partial charge < -0.3 is 10.2 Å². The van der Waals surface area contributed by atoms with Crippen molar-refractivity contribution in [1.29, 1.82) is 0 Å². The molecule has 0 spiro atoms. The molecule has 0 amide bonds. The number of hydrogen-bond donors (Lipinski definition) is 1. The van der Waals surface area contributed by atoms with E-state index < -0.39 is 0 Å². The smallest absolute Gasteiger partial charge is 0.251 e. The number of nitrogens with zero attached hydrogens (tertiary/aromatic N) is 4. The summed E-state index contributed by atoms with van der Waals surface area (Å²) in [5, 5.41) is 11.2. The Morgan fingerprint density at radius 3 is 2.56 bits per heavy atom. The number of aromatic nitrogens is 3. The highest BCUT2D eigenvalue weighted by atomic mass is 15.3. The first-order valence-corrected chi connectivity index (χ1v) is 5.92. The van der Waals surface area contributed by atoms with Crippen LogP contribution in [0, 0.1) is 0 Å². The molecule has 0 aliphatic carbocycles. The highest BCUT2D eigenvalue weighted by Gasteiger charge is 2.08. The van der Waals surface area contributed by atoms with Gasteiger partial charge in [-0.25, -0.2) is 0 Å². The Kier molecular flexibility index (Phi) is 3.72. The predicted molar refractivity (Wildman–Crippen MR) is 73.1 cm³/mol. The van der Waals surface area contributed by atoms with Crippen LogP contribution in [0.4, 0.5) is 17.5 Å². The first kappa shape index (κ1) is 12.3. The molecule has 18 heavy (non-hydrogen) atoms. The van der Waals surface area contributed by atoms with E-state index in [2.05, 4.69) is 34.3 Å². The van der Waals surface area contributed by atoms with Crippen molar-refractivity contribution < 1.29 is 0 Å². The maximum absolute atomic E-state index is 4.43. The van der Waals surface area contributed by atoms with E-state index in [4.69, 9.17) is 0 Å². The third-order valence-corrected chi connectivity index (χ3v) is 2.43. The fraction of sp³-hybridized carbons (Fsp3) is 0.308. The van der Waals surface area contributed by atoms with E-state index in [1.165, 1.54) is 0 Å². The fourth-order valence-corrected chi connectivity index (χ4v) is 1.57. The van der Waals surface area contributed by atoms with Crippen LogP contribution in [0.2, 0.25) is 0 Å². The van der Waals surface area contributed by atoms with Crippen molar-refractivity contribution in [2.75, 3.05) is 17.3 Å². The summed E-state index contributed by atoms with van der Waals surface area (Å²) >= 11 is 0. The number of para-hydroxylation sites is 1. The molecule has 1 aromatic carbocycles. The van der Waals surface area contributed by atoms with Gasteiger partial charge in [0.05, 0.1) is 6.20 Å². The van der Waals surface area contributed by atoms with Gasteiger partial charge in [-0.1, -0.05) is 18.2 Å². The van der Waals surface area contributed by atoms with Gasteiger partial charge in [0.25, 0.3) is 5.95 Å². The normalized spacial score (nSPS) is 10.4. The zero-order valence-electron chi connectivity index (χ0n) is 10.8. The Labute approximate surface area is 107 Å². The van der Waals surface area contributed by atoms with Crippen LogP contribution in [-0.4, -0.2) is 28.3 Å². The monoisotopic (exact) mass is 243 g/mol. The first-order chi connectivity index (χ1) is 8.66. The zero-order valence-corrected chi connectivity index (χ0v) is 10.8. The molecule has 1 N–H and O–H groups in total. The van der Waals surface area contributed by atoms with Crippen molar-refractivity contribution in [3.63, 3.8) is 0 Å². The van der Waals surface area contributed by atoms with Crippen LogP contribution < -0.4 is 10.2 Å². The van der Waals surface area contributed by atoms with E-state index in [1.54, 1.807) is 6.20 Å². The van der Waals surface area contributed by atoms with Crippen molar-refractivity contribution in [1.82, 2.24) is 15.2 Å². The van der Waals surface area contributed by atoms with Gasteiger partial charge in [-0.3, -0.25) is 0 Å². The van der Waals surface area contributed by atoms with Crippen LogP contribution in [0.5, 0.6) is 0 Å². The fourth-order valence-electron chi connectivity index (χ4n) is 1.57. The van der Waals surface area contributed by atoms with Crippen molar-refractivity contribution in [3.8, 4) is 0 Å². The van der Waals surface area contributed by atoms with E-state index in [1.807, 2.05) is 42.3 Å². The van der Waals surface area contributed by atoms with E-state index >= 15 is 0 Å². The minimum absolute atomic E-state index is 0.316. The molecule has 1 aromatic heterocycles. The van der Waals surface area contributed by atoms with Gasteiger partial charge in [0, 0.05) is 18.8 Å². The second-order valence-corrected chi connectivity index (χ2v) is 4.34. The lowest BCUT2D eigenvalue weighted by Crippen LogP contribution is -2.17. The third-order valence-electron chi connectivity index (χ3n) is 2.43. The molecule has 0 bridgehead atoms. The molecule has 2 aromatic rings. The molecule has 5 nitrogen and oxygen atoms in total. The SMILES string of the molecule is CC(C)Nc1cnnc(N(C)c2ccccc2)n1. The predicted octanol–water partition coefficient (Wildman–Crippen LogP) is 2.46. The second kappa shape index (κ2) is 5.44. The van der Waals surface area contributed by atoms with Crippen molar-refractivity contribution in [3.05, 3.63) is 36.5 Å². The van der Waals surface area contributed by atoms with Crippen molar-refractivity contribution in [2.24, 2.45) is 0 Å². The molecule has 5 heteroatoms. The minimum atomic E-state index is 0.316. The van der Waals surface area contributed by atoms with Crippen LogP contribution in [0.25, 0.3) is 0 Å². The van der Waals surface area contributed by atoms with Gasteiger partial charge in [-0.2, -0.15) is 10.1 Å². The summed E-state index contributed by atoms with van der Waals surface area (Å²) in [6.45, 7) is 4.12. The molecule has 1 heterocycles. The highest BCUT2D eigenvalue weighted by molar-refractivity contribution is 5.56. The minimum Gasteiger partial charge on any atom is -0.366 e. The molecular weight excluding hydrogens is 226 g/mol. The Hall–Kier alpha value is -2.17. The van der Waals surface area contributed by atoms with Crippen LogP contribution in [-0.2, 0) is 0 Å². The van der Waals surface area contributed by atoms with Crippen LogP contribution in [0.3, 0.4) is 0 Å². The van der Waals surface area contributed by atoms with Crippen LogP contribution in [0.1, 0.15) is 13.8 Å². The summed E-state index contributed by atoms with van der Waals surface area (Å²) in [6.07, 6.45) is 1.63. The molecule has 0 saturated heterocycles. The van der Waals surface area contributed by atoms with E-state index in [-0.39, 0.29) is 0 Å². The molecule has 0 fully saturated rings. The Bertz CT molecular complexity index is 498. The summed E-state index contributed by atoms with van der Waals surface area (Å²) in [5.41, 5.74) is 1.03. The zero-order chi connectivity index (χ0) is 13.0. The van der Waals surface area contributed by atoms with Crippen LogP contribution >= 0.6 is 0 Å². The largest absolute Gasteiger partial charge is 0.366 e. The van der Waals surface area contributed by atoms with Gasteiger partial charge in [0.15, 0.2) is 5.82 Å². The number of anilines is 3. The molecule has 2 rings (SSSR count). The first-order valence-electron chi connectivity index (χ1n) is 5.92. The standard InChI is InChI=1S/C13H17N5/c1-10(2)15-12-9-14-17-13(16-12)18(3)11-7-5-4-6-8-11/h4-10H,1-3H3,(H,15,16,17). The Morgan fingerprint density at radius 2 is 1.89 bits per heavy atom. The van der Waals surface area contributed by atoms with Crippen molar-refractivity contribution in [2.45, 2.75) is 19.9 Å². The topological polar surface area (TPSA) is 53.9 Å². The van der Waals surface area contributed by atoms with E-state index in [9.17, 15) is 0 Å². The maximum Gasteiger partial charge on any atom is 0.251 e. The number of benzene rings is 1.